The Kier molecular flexibility index (Phi) is 12.1. The lowest BCUT2D eigenvalue weighted by atomic mass is 9.97. The zero-order chi connectivity index (χ0) is 20.2. The molecule has 0 heterocycles. The maximum atomic E-state index is 12.4. The molecule has 0 saturated heterocycles. The lowest BCUT2D eigenvalue weighted by Gasteiger charge is -2.35. The molecule has 0 aliphatic heterocycles. The number of rotatable bonds is 12. The fraction of sp³-hybridized carbons (Fsp3) is 0.696. The van der Waals surface area contributed by atoms with E-state index in [-0.39, 0.29) is 17.9 Å². The Labute approximate surface area is 182 Å². The van der Waals surface area contributed by atoms with Crippen molar-refractivity contribution in [2.45, 2.75) is 76.7 Å². The molecule has 1 amide bonds. The van der Waals surface area contributed by atoms with Gasteiger partial charge in [0.2, 0.25) is 0 Å². The SMILES string of the molecule is CCCCCCCCOc1ccccc1NC(=O)OCC1(N(C)C)CCCC1.Cl. The molecular formula is C23H39ClN2O3. The van der Waals surface area contributed by atoms with Crippen LogP contribution in [-0.2, 0) is 4.74 Å². The third kappa shape index (κ3) is 8.43. The van der Waals surface area contributed by atoms with E-state index in [9.17, 15) is 4.79 Å². The first-order chi connectivity index (χ1) is 13.6. The van der Waals surface area contributed by atoms with E-state index in [1.54, 1.807) is 0 Å². The van der Waals surface area contributed by atoms with Crippen molar-refractivity contribution in [1.82, 2.24) is 4.90 Å². The molecule has 0 spiro atoms. The summed E-state index contributed by atoms with van der Waals surface area (Å²) in [7, 11) is 4.13. The number of ether oxygens (including phenoxy) is 2. The molecule has 1 aromatic rings. The number of nitrogens with one attached hydrogen (secondary N) is 1. The molecule has 0 bridgehead atoms. The molecular weight excluding hydrogens is 388 g/mol. The molecule has 29 heavy (non-hydrogen) atoms. The molecule has 0 aromatic heterocycles. The zero-order valence-corrected chi connectivity index (χ0v) is 19.2. The van der Waals surface area contributed by atoms with Crippen LogP contribution >= 0.6 is 12.4 Å². The molecule has 5 nitrogen and oxygen atoms in total. The molecule has 1 saturated carbocycles. The second-order valence-electron chi connectivity index (χ2n) is 8.14. The molecule has 0 radical (unpaired) electrons. The Bertz CT molecular complexity index is 589. The first-order valence-electron chi connectivity index (χ1n) is 10.9. The number of para-hydroxylation sites is 2. The van der Waals surface area contributed by atoms with Gasteiger partial charge < -0.3 is 14.4 Å². The average Bonchev–Trinajstić information content (AvgIpc) is 3.17. The summed E-state index contributed by atoms with van der Waals surface area (Å²) in [4.78, 5) is 14.6. The Morgan fingerprint density at radius 3 is 2.41 bits per heavy atom. The number of amides is 1. The van der Waals surface area contributed by atoms with E-state index in [1.165, 1.54) is 44.9 Å². The van der Waals surface area contributed by atoms with Crippen molar-refractivity contribution < 1.29 is 14.3 Å². The Morgan fingerprint density at radius 1 is 1.07 bits per heavy atom. The smallest absolute Gasteiger partial charge is 0.411 e. The lowest BCUT2D eigenvalue weighted by molar-refractivity contribution is 0.0578. The molecule has 166 valence electrons. The van der Waals surface area contributed by atoms with Gasteiger partial charge in [0.25, 0.3) is 0 Å². The van der Waals surface area contributed by atoms with Crippen LogP contribution in [0.25, 0.3) is 0 Å². The standard InChI is InChI=1S/C23H38N2O3.ClH/c1-4-5-6-7-8-13-18-27-21-15-10-9-14-20(21)24-22(26)28-19-23(25(2)3)16-11-12-17-23;/h9-10,14-15H,4-8,11-13,16-19H2,1-3H3,(H,24,26);1H. The summed E-state index contributed by atoms with van der Waals surface area (Å²) < 4.78 is 11.5. The van der Waals surface area contributed by atoms with Crippen LogP contribution in [0.3, 0.4) is 0 Å². The summed E-state index contributed by atoms with van der Waals surface area (Å²) >= 11 is 0. The summed E-state index contributed by atoms with van der Waals surface area (Å²) in [6.45, 7) is 3.32. The summed E-state index contributed by atoms with van der Waals surface area (Å²) in [6.07, 6.45) is 11.5. The highest BCUT2D eigenvalue weighted by Crippen LogP contribution is 2.34. The van der Waals surface area contributed by atoms with Crippen LogP contribution in [0.5, 0.6) is 5.75 Å². The van der Waals surface area contributed by atoms with Crippen molar-refractivity contribution in [2.75, 3.05) is 32.6 Å². The van der Waals surface area contributed by atoms with Gasteiger partial charge >= 0.3 is 6.09 Å². The minimum absolute atomic E-state index is 0. The van der Waals surface area contributed by atoms with Crippen molar-refractivity contribution in [3.8, 4) is 5.75 Å². The molecule has 6 heteroatoms. The monoisotopic (exact) mass is 426 g/mol. The van der Waals surface area contributed by atoms with Gasteiger partial charge in [-0.15, -0.1) is 12.4 Å². The van der Waals surface area contributed by atoms with Crippen molar-refractivity contribution in [3.63, 3.8) is 0 Å². The summed E-state index contributed by atoms with van der Waals surface area (Å²) in [5.41, 5.74) is 0.648. The molecule has 1 N–H and O–H groups in total. The number of hydrogen-bond acceptors (Lipinski definition) is 4. The molecule has 1 fully saturated rings. The third-order valence-corrected chi connectivity index (χ3v) is 5.83. The van der Waals surface area contributed by atoms with E-state index < -0.39 is 6.09 Å². The molecule has 1 aromatic carbocycles. The van der Waals surface area contributed by atoms with Gasteiger partial charge in [-0.1, -0.05) is 64.0 Å². The maximum Gasteiger partial charge on any atom is 0.411 e. The van der Waals surface area contributed by atoms with Gasteiger partial charge in [-0.05, 0) is 45.5 Å². The Balaban J connectivity index is 0.00000420. The van der Waals surface area contributed by atoms with Crippen molar-refractivity contribution >= 4 is 24.2 Å². The molecule has 0 atom stereocenters. The fourth-order valence-corrected chi connectivity index (χ4v) is 3.86. The predicted octanol–water partition coefficient (Wildman–Crippen LogP) is 6.27. The third-order valence-electron chi connectivity index (χ3n) is 5.83. The number of benzene rings is 1. The number of unbranched alkanes of at least 4 members (excludes halogenated alkanes) is 5. The van der Waals surface area contributed by atoms with E-state index >= 15 is 0 Å². The fourth-order valence-electron chi connectivity index (χ4n) is 3.86. The predicted molar refractivity (Wildman–Crippen MR) is 122 cm³/mol. The molecule has 1 aliphatic carbocycles. The summed E-state index contributed by atoms with van der Waals surface area (Å²) in [5, 5.41) is 2.85. The van der Waals surface area contributed by atoms with Crippen molar-refractivity contribution in [1.29, 1.82) is 0 Å². The molecule has 1 aliphatic rings. The number of anilines is 1. The topological polar surface area (TPSA) is 50.8 Å². The normalized spacial score (nSPS) is 15.0. The van der Waals surface area contributed by atoms with Crippen LogP contribution in [0.2, 0.25) is 0 Å². The number of nitrogens with zero attached hydrogens (tertiary/aromatic N) is 1. The van der Waals surface area contributed by atoms with Gasteiger partial charge in [0.15, 0.2) is 0 Å². The van der Waals surface area contributed by atoms with Crippen LogP contribution in [0.15, 0.2) is 24.3 Å². The number of carbonyl (C=O) groups is 1. The van der Waals surface area contributed by atoms with Gasteiger partial charge in [-0.25, -0.2) is 4.79 Å². The second-order valence-corrected chi connectivity index (χ2v) is 8.14. The molecule has 2 rings (SSSR count). The highest BCUT2D eigenvalue weighted by Gasteiger charge is 2.37. The van der Waals surface area contributed by atoms with Gasteiger partial charge in [-0.2, -0.15) is 0 Å². The van der Waals surface area contributed by atoms with Crippen LogP contribution < -0.4 is 10.1 Å². The van der Waals surface area contributed by atoms with E-state index in [4.69, 9.17) is 9.47 Å². The van der Waals surface area contributed by atoms with Crippen LogP contribution in [-0.4, -0.2) is 43.8 Å². The highest BCUT2D eigenvalue weighted by molar-refractivity contribution is 5.86. The summed E-state index contributed by atoms with van der Waals surface area (Å²) in [6, 6.07) is 7.57. The zero-order valence-electron chi connectivity index (χ0n) is 18.4. The van der Waals surface area contributed by atoms with Gasteiger partial charge in [0.05, 0.1) is 17.8 Å². The minimum Gasteiger partial charge on any atom is -0.491 e. The van der Waals surface area contributed by atoms with Crippen LogP contribution in [0, 0.1) is 0 Å². The highest BCUT2D eigenvalue weighted by atomic mass is 35.5. The Morgan fingerprint density at radius 2 is 1.72 bits per heavy atom. The minimum atomic E-state index is -0.413. The summed E-state index contributed by atoms with van der Waals surface area (Å²) in [5.74, 6) is 0.705. The number of halogens is 1. The van der Waals surface area contributed by atoms with E-state index in [0.717, 1.165) is 19.3 Å². The first kappa shape index (κ1) is 25.6. The quantitative estimate of drug-likeness (QED) is 0.400. The van der Waals surface area contributed by atoms with E-state index in [1.807, 2.05) is 24.3 Å². The van der Waals surface area contributed by atoms with Gasteiger partial charge in [0.1, 0.15) is 12.4 Å². The Hall–Kier alpha value is -1.46. The molecule has 0 unspecified atom stereocenters. The van der Waals surface area contributed by atoms with Crippen molar-refractivity contribution in [2.24, 2.45) is 0 Å². The van der Waals surface area contributed by atoms with E-state index in [0.29, 0.717) is 24.7 Å². The van der Waals surface area contributed by atoms with Crippen LogP contribution in [0.4, 0.5) is 10.5 Å². The van der Waals surface area contributed by atoms with Gasteiger partial charge in [-0.3, -0.25) is 5.32 Å². The number of likely N-dealkylation sites (N-methyl/N-ethyl adjacent to an activating group) is 1. The first-order valence-corrected chi connectivity index (χ1v) is 10.9. The van der Waals surface area contributed by atoms with Crippen LogP contribution in [0.1, 0.15) is 71.1 Å². The van der Waals surface area contributed by atoms with Gasteiger partial charge in [0, 0.05) is 0 Å². The lowest BCUT2D eigenvalue weighted by Crippen LogP contribution is -2.46. The number of hydrogen-bond donors (Lipinski definition) is 1. The largest absolute Gasteiger partial charge is 0.491 e. The van der Waals surface area contributed by atoms with E-state index in [2.05, 4.69) is 31.2 Å². The number of carbonyl (C=O) groups excluding carboxylic acids is 1. The maximum absolute atomic E-state index is 12.4. The average molecular weight is 427 g/mol. The van der Waals surface area contributed by atoms with Crippen molar-refractivity contribution in [3.05, 3.63) is 24.3 Å². The second kappa shape index (κ2) is 13.7.